The average Bonchev–Trinajstić information content (AvgIpc) is 2.35. The lowest BCUT2D eigenvalue weighted by molar-refractivity contribution is 0.0502. The van der Waals surface area contributed by atoms with E-state index < -0.39 is 0 Å². The van der Waals surface area contributed by atoms with Crippen LogP contribution in [-0.4, -0.2) is 26.1 Å². The van der Waals surface area contributed by atoms with E-state index in [0.29, 0.717) is 22.7 Å². The Balaban J connectivity index is 3.46. The normalized spacial score (nSPS) is 11.5. The van der Waals surface area contributed by atoms with Gasteiger partial charge in [-0.3, -0.25) is 0 Å². The molecule has 0 atom stereocenters. The summed E-state index contributed by atoms with van der Waals surface area (Å²) in [6.45, 7) is 6.06. The van der Waals surface area contributed by atoms with Crippen LogP contribution in [0.3, 0.4) is 0 Å². The van der Waals surface area contributed by atoms with Gasteiger partial charge in [0.2, 0.25) is 0 Å². The number of anilines is 1. The Morgan fingerprint density at radius 2 is 1.89 bits per heavy atom. The molecule has 1 aromatic rings. The van der Waals surface area contributed by atoms with Crippen molar-refractivity contribution in [2.75, 3.05) is 26.7 Å². The first kappa shape index (κ1) is 15.6. The minimum atomic E-state index is -0.206. The van der Waals surface area contributed by atoms with Gasteiger partial charge in [0, 0.05) is 18.2 Å². The quantitative estimate of drug-likeness (QED) is 0.632. The summed E-state index contributed by atoms with van der Waals surface area (Å²) in [6.07, 6.45) is 0. The number of nitrogen functional groups attached to an aromatic ring is 1. The SMILES string of the molecule is COCOc1c(C(C)(C)C)cc(OC)c(CO)c1N. The van der Waals surface area contributed by atoms with Crippen molar-refractivity contribution in [2.24, 2.45) is 0 Å². The van der Waals surface area contributed by atoms with Gasteiger partial charge < -0.3 is 25.1 Å². The van der Waals surface area contributed by atoms with E-state index in [-0.39, 0.29) is 18.8 Å². The Labute approximate surface area is 114 Å². The summed E-state index contributed by atoms with van der Waals surface area (Å²) in [7, 11) is 3.10. The van der Waals surface area contributed by atoms with E-state index in [9.17, 15) is 5.11 Å². The van der Waals surface area contributed by atoms with Crippen molar-refractivity contribution in [3.63, 3.8) is 0 Å². The fraction of sp³-hybridized carbons (Fsp3) is 0.571. The molecule has 1 aromatic carbocycles. The van der Waals surface area contributed by atoms with Crippen molar-refractivity contribution in [1.29, 1.82) is 0 Å². The largest absolute Gasteiger partial charge is 0.496 e. The first-order valence-electron chi connectivity index (χ1n) is 6.09. The molecule has 0 unspecified atom stereocenters. The molecule has 3 N–H and O–H groups in total. The third-order valence-corrected chi connectivity index (χ3v) is 2.89. The minimum Gasteiger partial charge on any atom is -0.496 e. The maximum absolute atomic E-state index is 9.43. The number of ether oxygens (including phenoxy) is 3. The van der Waals surface area contributed by atoms with Gasteiger partial charge in [0.1, 0.15) is 11.5 Å². The molecule has 0 aliphatic rings. The van der Waals surface area contributed by atoms with E-state index in [2.05, 4.69) is 20.8 Å². The van der Waals surface area contributed by atoms with Gasteiger partial charge in [0.25, 0.3) is 0 Å². The molecular weight excluding hydrogens is 246 g/mol. The number of aliphatic hydroxyl groups is 1. The highest BCUT2D eigenvalue weighted by atomic mass is 16.7. The third kappa shape index (κ3) is 3.30. The van der Waals surface area contributed by atoms with Gasteiger partial charge in [-0.2, -0.15) is 0 Å². The van der Waals surface area contributed by atoms with Crippen LogP contribution in [0, 0.1) is 0 Å². The monoisotopic (exact) mass is 269 g/mol. The molecule has 0 saturated carbocycles. The van der Waals surface area contributed by atoms with E-state index >= 15 is 0 Å². The lowest BCUT2D eigenvalue weighted by Gasteiger charge is -2.26. The predicted molar refractivity (Wildman–Crippen MR) is 74.5 cm³/mol. The molecule has 0 aromatic heterocycles. The summed E-state index contributed by atoms with van der Waals surface area (Å²) >= 11 is 0. The standard InChI is InChI=1S/C14H23NO4/c1-14(2,3)10-6-11(18-5)9(7-16)12(15)13(10)19-8-17-4/h6,16H,7-8,15H2,1-5H3. The minimum absolute atomic E-state index is 0.102. The molecule has 0 saturated heterocycles. The average molecular weight is 269 g/mol. The predicted octanol–water partition coefficient (Wildman–Crippen LogP) is 2.05. The van der Waals surface area contributed by atoms with Crippen molar-refractivity contribution < 1.29 is 19.3 Å². The first-order chi connectivity index (χ1) is 8.86. The fourth-order valence-corrected chi connectivity index (χ4v) is 1.87. The zero-order valence-electron chi connectivity index (χ0n) is 12.2. The zero-order valence-corrected chi connectivity index (χ0v) is 12.2. The lowest BCUT2D eigenvalue weighted by atomic mass is 9.85. The fourth-order valence-electron chi connectivity index (χ4n) is 1.87. The summed E-state index contributed by atoms with van der Waals surface area (Å²) in [4.78, 5) is 0. The van der Waals surface area contributed by atoms with E-state index in [1.807, 2.05) is 6.07 Å². The number of hydrogen-bond acceptors (Lipinski definition) is 5. The maximum Gasteiger partial charge on any atom is 0.188 e. The van der Waals surface area contributed by atoms with Crippen LogP contribution >= 0.6 is 0 Å². The van der Waals surface area contributed by atoms with Crippen LogP contribution < -0.4 is 15.2 Å². The van der Waals surface area contributed by atoms with Gasteiger partial charge in [0.05, 0.1) is 19.4 Å². The molecule has 0 spiro atoms. The van der Waals surface area contributed by atoms with Crippen LogP contribution in [0.4, 0.5) is 5.69 Å². The summed E-state index contributed by atoms with van der Waals surface area (Å²) in [5.41, 5.74) is 7.75. The van der Waals surface area contributed by atoms with Gasteiger partial charge in [-0.15, -0.1) is 0 Å². The Kier molecular flexibility index (Phi) is 5.03. The highest BCUT2D eigenvalue weighted by Gasteiger charge is 2.25. The molecule has 0 amide bonds. The molecule has 0 bridgehead atoms. The zero-order chi connectivity index (χ0) is 14.6. The number of benzene rings is 1. The van der Waals surface area contributed by atoms with Crippen LogP contribution in [0.5, 0.6) is 11.5 Å². The van der Waals surface area contributed by atoms with Crippen LogP contribution in [0.1, 0.15) is 31.9 Å². The van der Waals surface area contributed by atoms with Gasteiger partial charge in [-0.1, -0.05) is 20.8 Å². The second kappa shape index (κ2) is 6.12. The summed E-state index contributed by atoms with van der Waals surface area (Å²) < 4.78 is 15.8. The number of nitrogens with two attached hydrogens (primary N) is 1. The van der Waals surface area contributed by atoms with Crippen LogP contribution in [0.25, 0.3) is 0 Å². The Bertz CT molecular complexity index is 438. The molecule has 0 fully saturated rings. The molecule has 19 heavy (non-hydrogen) atoms. The number of rotatable bonds is 5. The lowest BCUT2D eigenvalue weighted by Crippen LogP contribution is -2.17. The van der Waals surface area contributed by atoms with Crippen molar-refractivity contribution in [1.82, 2.24) is 0 Å². The van der Waals surface area contributed by atoms with Crippen molar-refractivity contribution in [3.8, 4) is 11.5 Å². The van der Waals surface area contributed by atoms with Crippen LogP contribution in [0.2, 0.25) is 0 Å². The highest BCUT2D eigenvalue weighted by molar-refractivity contribution is 5.68. The van der Waals surface area contributed by atoms with E-state index in [1.54, 1.807) is 14.2 Å². The van der Waals surface area contributed by atoms with Crippen LogP contribution in [0.15, 0.2) is 6.07 Å². The van der Waals surface area contributed by atoms with Crippen molar-refractivity contribution >= 4 is 5.69 Å². The third-order valence-electron chi connectivity index (χ3n) is 2.89. The van der Waals surface area contributed by atoms with Crippen molar-refractivity contribution in [3.05, 3.63) is 17.2 Å². The van der Waals surface area contributed by atoms with Gasteiger partial charge in [-0.25, -0.2) is 0 Å². The molecule has 1 rings (SSSR count). The molecule has 0 heterocycles. The molecular formula is C14H23NO4. The smallest absolute Gasteiger partial charge is 0.188 e. The van der Waals surface area contributed by atoms with Gasteiger partial charge >= 0.3 is 0 Å². The van der Waals surface area contributed by atoms with E-state index in [4.69, 9.17) is 19.9 Å². The molecule has 0 radical (unpaired) electrons. The summed E-state index contributed by atoms with van der Waals surface area (Å²) in [6, 6.07) is 1.85. The van der Waals surface area contributed by atoms with Crippen LogP contribution in [-0.2, 0) is 16.8 Å². The molecule has 0 aliphatic carbocycles. The van der Waals surface area contributed by atoms with E-state index in [1.165, 1.54) is 0 Å². The van der Waals surface area contributed by atoms with Gasteiger partial charge in [0.15, 0.2) is 6.79 Å². The Morgan fingerprint density at radius 3 is 2.32 bits per heavy atom. The second-order valence-corrected chi connectivity index (χ2v) is 5.31. The summed E-state index contributed by atoms with van der Waals surface area (Å²) in [5, 5.41) is 9.43. The Hall–Kier alpha value is -1.46. The number of methoxy groups -OCH3 is 2. The molecule has 5 nitrogen and oxygen atoms in total. The molecule has 108 valence electrons. The van der Waals surface area contributed by atoms with Crippen molar-refractivity contribution in [2.45, 2.75) is 32.8 Å². The second-order valence-electron chi connectivity index (χ2n) is 5.31. The summed E-state index contributed by atoms with van der Waals surface area (Å²) in [5.74, 6) is 1.11. The number of aliphatic hydroxyl groups excluding tert-OH is 1. The topological polar surface area (TPSA) is 73.9 Å². The first-order valence-corrected chi connectivity index (χ1v) is 6.09. The molecule has 0 aliphatic heterocycles. The van der Waals surface area contributed by atoms with E-state index in [0.717, 1.165) is 5.56 Å². The highest BCUT2D eigenvalue weighted by Crippen LogP contribution is 2.42. The number of hydrogen-bond donors (Lipinski definition) is 2. The maximum atomic E-state index is 9.43. The van der Waals surface area contributed by atoms with Gasteiger partial charge in [-0.05, 0) is 11.5 Å². The molecule has 5 heteroatoms. The Morgan fingerprint density at radius 1 is 1.26 bits per heavy atom.